The maximum atomic E-state index is 7.03. The molecule has 1 aliphatic heterocycles. The van der Waals surface area contributed by atoms with Crippen LogP contribution in [0.15, 0.2) is 109 Å². The highest BCUT2D eigenvalue weighted by Gasteiger charge is 2.42. The normalized spacial score (nSPS) is 14.9. The SMILES string of the molecule is CC(C)(C)C1=C(C(C)(C)C)N(c2cc(C(C)(C)C)cc(C(C)(C)C)c2)CN1c1cc(Oc2ccc3c4ccccc4n(-c4cc(C(C)(C)C)ccn4)c3c2)cc(C(C)(C)C)c1. The van der Waals surface area contributed by atoms with E-state index in [1.54, 1.807) is 0 Å². The van der Waals surface area contributed by atoms with Crippen molar-refractivity contribution in [1.29, 1.82) is 0 Å². The van der Waals surface area contributed by atoms with Gasteiger partial charge in [-0.1, -0.05) is 149 Å². The minimum atomic E-state index is -0.151. The minimum Gasteiger partial charge on any atom is -0.457 e. The van der Waals surface area contributed by atoms with Crippen molar-refractivity contribution in [3.05, 3.63) is 131 Å². The lowest BCUT2D eigenvalue weighted by atomic mass is 9.79. The van der Waals surface area contributed by atoms with E-state index in [2.05, 4.69) is 230 Å². The maximum Gasteiger partial charge on any atom is 0.137 e. The standard InChI is InChI=1S/C56H72N4O/c1-51(2,3)36-25-26-57-48(32-36)60-46-22-20-19-21-44(46)45-24-23-42(34-47(45)60)61-43-31-39(54(10,11)12)30-41(33-43)59-35-58(49(55(13,14)15)50(59)56(16,17)18)40-28-37(52(4,5)6)27-38(29-40)53(7,8)9/h19-34H,35H2,1-18H3. The summed E-state index contributed by atoms with van der Waals surface area (Å²) in [5.74, 6) is 2.52. The van der Waals surface area contributed by atoms with Crippen molar-refractivity contribution in [2.45, 2.75) is 146 Å². The van der Waals surface area contributed by atoms with Gasteiger partial charge in [-0.15, -0.1) is 0 Å². The number of aromatic nitrogens is 2. The van der Waals surface area contributed by atoms with E-state index >= 15 is 0 Å². The third kappa shape index (κ3) is 8.72. The molecule has 7 rings (SSSR count). The topological polar surface area (TPSA) is 33.5 Å². The van der Waals surface area contributed by atoms with Crippen molar-refractivity contribution in [2.75, 3.05) is 16.5 Å². The molecule has 3 heterocycles. The molecule has 6 aromatic rings. The zero-order valence-electron chi connectivity index (χ0n) is 40.6. The number of hydrogen-bond donors (Lipinski definition) is 0. The Hall–Kier alpha value is -5.03. The summed E-state index contributed by atoms with van der Waals surface area (Å²) in [6.07, 6.45) is 1.94. The van der Waals surface area contributed by atoms with Crippen LogP contribution in [0.2, 0.25) is 0 Å². The smallest absolute Gasteiger partial charge is 0.137 e. The van der Waals surface area contributed by atoms with Crippen LogP contribution in [0.3, 0.4) is 0 Å². The fraction of sp³-hybridized carbons (Fsp3) is 0.446. The van der Waals surface area contributed by atoms with Crippen molar-refractivity contribution in [2.24, 2.45) is 10.8 Å². The molecule has 2 aromatic heterocycles. The highest BCUT2D eigenvalue weighted by atomic mass is 16.5. The van der Waals surface area contributed by atoms with Crippen LogP contribution in [-0.2, 0) is 21.7 Å². The molecule has 0 fully saturated rings. The second-order valence-corrected chi connectivity index (χ2v) is 23.7. The molecule has 0 N–H and O–H groups in total. The predicted octanol–water partition coefficient (Wildman–Crippen LogP) is 15.7. The Morgan fingerprint density at radius 2 is 0.918 bits per heavy atom. The lowest BCUT2D eigenvalue weighted by Gasteiger charge is -2.35. The monoisotopic (exact) mass is 817 g/mol. The quantitative estimate of drug-likeness (QED) is 0.174. The Bertz CT molecular complexity index is 2620. The van der Waals surface area contributed by atoms with Crippen molar-refractivity contribution < 1.29 is 4.74 Å². The molecule has 322 valence electrons. The molecule has 1 aliphatic rings. The van der Waals surface area contributed by atoms with Gasteiger partial charge < -0.3 is 14.5 Å². The van der Waals surface area contributed by atoms with Crippen molar-refractivity contribution in [3.8, 4) is 17.3 Å². The number of hydrogen-bond acceptors (Lipinski definition) is 4. The van der Waals surface area contributed by atoms with E-state index in [1.165, 1.54) is 50.1 Å². The largest absolute Gasteiger partial charge is 0.457 e. The van der Waals surface area contributed by atoms with Gasteiger partial charge in [0.05, 0.1) is 17.7 Å². The Kier molecular flexibility index (Phi) is 10.7. The highest BCUT2D eigenvalue weighted by Crippen LogP contribution is 2.50. The molecule has 0 saturated heterocycles. The lowest BCUT2D eigenvalue weighted by Crippen LogP contribution is -2.32. The summed E-state index contributed by atoms with van der Waals surface area (Å²) < 4.78 is 9.32. The van der Waals surface area contributed by atoms with Crippen LogP contribution in [-0.4, -0.2) is 16.2 Å². The number of para-hydroxylation sites is 1. The van der Waals surface area contributed by atoms with Gasteiger partial charge in [0.15, 0.2) is 0 Å². The molecule has 0 unspecified atom stereocenters. The van der Waals surface area contributed by atoms with Crippen molar-refractivity contribution in [1.82, 2.24) is 9.55 Å². The summed E-state index contributed by atoms with van der Waals surface area (Å²) in [7, 11) is 0. The van der Waals surface area contributed by atoms with E-state index in [1.807, 2.05) is 6.20 Å². The summed E-state index contributed by atoms with van der Waals surface area (Å²) in [5, 5.41) is 2.37. The lowest BCUT2D eigenvalue weighted by molar-refractivity contribution is 0.444. The summed E-state index contributed by atoms with van der Waals surface area (Å²) in [5.41, 5.74) is 12.1. The highest BCUT2D eigenvalue weighted by molar-refractivity contribution is 6.09. The average molecular weight is 817 g/mol. The van der Waals surface area contributed by atoms with E-state index in [0.29, 0.717) is 6.67 Å². The molecule has 0 aliphatic carbocycles. The fourth-order valence-electron chi connectivity index (χ4n) is 8.75. The molecule has 0 bridgehead atoms. The fourth-order valence-corrected chi connectivity index (χ4v) is 8.75. The number of nitrogens with zero attached hydrogens (tertiary/aromatic N) is 4. The first-order valence-electron chi connectivity index (χ1n) is 22.3. The van der Waals surface area contributed by atoms with Gasteiger partial charge in [-0.2, -0.15) is 0 Å². The first kappa shape index (κ1) is 44.0. The van der Waals surface area contributed by atoms with Gasteiger partial charge in [0.25, 0.3) is 0 Å². The summed E-state index contributed by atoms with van der Waals surface area (Å²) in [6, 6.07) is 33.7. The van der Waals surface area contributed by atoms with Gasteiger partial charge in [0.1, 0.15) is 17.3 Å². The van der Waals surface area contributed by atoms with Gasteiger partial charge in [-0.25, -0.2) is 4.98 Å². The van der Waals surface area contributed by atoms with Crippen molar-refractivity contribution >= 4 is 33.2 Å². The third-order valence-electron chi connectivity index (χ3n) is 12.2. The van der Waals surface area contributed by atoms with E-state index in [0.717, 1.165) is 34.0 Å². The molecular formula is C56H72N4O. The van der Waals surface area contributed by atoms with Gasteiger partial charge in [-0.3, -0.25) is 4.57 Å². The van der Waals surface area contributed by atoms with E-state index in [4.69, 9.17) is 9.72 Å². The van der Waals surface area contributed by atoms with Crippen molar-refractivity contribution in [3.63, 3.8) is 0 Å². The Balaban J connectivity index is 1.39. The van der Waals surface area contributed by atoms with Crippen LogP contribution < -0.4 is 14.5 Å². The molecule has 5 nitrogen and oxygen atoms in total. The van der Waals surface area contributed by atoms with Gasteiger partial charge in [-0.05, 0) is 98.5 Å². The number of benzene rings is 4. The Morgan fingerprint density at radius 1 is 0.426 bits per heavy atom. The number of ether oxygens (including phenoxy) is 1. The number of allylic oxidation sites excluding steroid dienone is 2. The summed E-state index contributed by atoms with van der Waals surface area (Å²) in [4.78, 5) is 10.1. The maximum absolute atomic E-state index is 7.03. The van der Waals surface area contributed by atoms with Crippen LogP contribution in [0.5, 0.6) is 11.5 Å². The number of anilines is 2. The molecule has 4 aromatic carbocycles. The van der Waals surface area contributed by atoms with Crippen LogP contribution in [0, 0.1) is 10.8 Å². The van der Waals surface area contributed by atoms with Gasteiger partial charge >= 0.3 is 0 Å². The molecule has 5 heteroatoms. The molecule has 0 saturated carbocycles. The van der Waals surface area contributed by atoms with Crippen LogP contribution in [0.25, 0.3) is 27.6 Å². The van der Waals surface area contributed by atoms with E-state index < -0.39 is 0 Å². The van der Waals surface area contributed by atoms with Crippen LogP contribution in [0.4, 0.5) is 11.4 Å². The minimum absolute atomic E-state index is 0.00548. The third-order valence-corrected chi connectivity index (χ3v) is 12.2. The zero-order valence-corrected chi connectivity index (χ0v) is 40.6. The second kappa shape index (κ2) is 14.8. The van der Waals surface area contributed by atoms with Crippen LogP contribution in [0.1, 0.15) is 147 Å². The number of pyridine rings is 1. The van der Waals surface area contributed by atoms with E-state index in [9.17, 15) is 0 Å². The van der Waals surface area contributed by atoms with Gasteiger partial charge in [0.2, 0.25) is 0 Å². The number of fused-ring (bicyclic) bond motifs is 3. The first-order chi connectivity index (χ1) is 28.0. The molecule has 0 radical (unpaired) electrons. The predicted molar refractivity (Wildman–Crippen MR) is 262 cm³/mol. The van der Waals surface area contributed by atoms with Gasteiger partial charge in [0, 0.05) is 62.7 Å². The summed E-state index contributed by atoms with van der Waals surface area (Å²) >= 11 is 0. The molecule has 0 spiro atoms. The zero-order chi connectivity index (χ0) is 44.8. The Morgan fingerprint density at radius 3 is 1.44 bits per heavy atom. The Labute approximate surface area is 367 Å². The van der Waals surface area contributed by atoms with Crippen LogP contribution >= 0.6 is 0 Å². The molecular weight excluding hydrogens is 745 g/mol. The second-order valence-electron chi connectivity index (χ2n) is 23.7. The molecule has 0 atom stereocenters. The average Bonchev–Trinajstić information content (AvgIpc) is 3.71. The summed E-state index contributed by atoms with van der Waals surface area (Å²) in [6.45, 7) is 42.5. The van der Waals surface area contributed by atoms with E-state index in [-0.39, 0.29) is 32.5 Å². The molecule has 0 amide bonds. The first-order valence-corrected chi connectivity index (χ1v) is 22.3. The molecule has 61 heavy (non-hydrogen) atoms. The number of rotatable bonds is 5.